The highest BCUT2D eigenvalue weighted by Crippen LogP contribution is 2.26. The van der Waals surface area contributed by atoms with Crippen molar-refractivity contribution in [1.29, 1.82) is 0 Å². The summed E-state index contributed by atoms with van der Waals surface area (Å²) in [5, 5.41) is 2.39. The standard InChI is InChI=1S/C23H18ClNO3.BF4/c1-26-17-9-10-19(23(13-17)27-2)25-20-14-22(15-6-4-3-5-7-15)28-21-11-8-16(24)12-18(20)21;2-1(3,4)5/h3-14H,1-2H3;/q;-1/p+1. The minimum Gasteiger partial charge on any atom is -0.497 e. The van der Waals surface area contributed by atoms with Crippen LogP contribution >= 0.6 is 11.6 Å². The zero-order chi connectivity index (χ0) is 24.0. The molecule has 0 atom stereocenters. The molecule has 0 saturated heterocycles. The van der Waals surface area contributed by atoms with E-state index in [1.165, 1.54) is 0 Å². The molecule has 172 valence electrons. The van der Waals surface area contributed by atoms with Crippen molar-refractivity contribution in [3.63, 3.8) is 0 Å². The maximum Gasteiger partial charge on any atom is 0.673 e. The highest BCUT2D eigenvalue weighted by Gasteiger charge is 2.20. The molecule has 0 amide bonds. The first-order valence-electron chi connectivity index (χ1n) is 9.66. The predicted molar refractivity (Wildman–Crippen MR) is 120 cm³/mol. The zero-order valence-corrected chi connectivity index (χ0v) is 18.4. The van der Waals surface area contributed by atoms with E-state index in [0.29, 0.717) is 10.8 Å². The van der Waals surface area contributed by atoms with Gasteiger partial charge in [-0.25, -0.2) is 4.99 Å². The number of ether oxygens (including phenoxy) is 2. The van der Waals surface area contributed by atoms with Crippen LogP contribution in [0.5, 0.6) is 11.5 Å². The lowest BCUT2D eigenvalue weighted by atomic mass is 10.1. The average molecular weight is 480 g/mol. The Balaban J connectivity index is 0.000000555. The number of methoxy groups -OCH3 is 2. The Morgan fingerprint density at radius 3 is 2.18 bits per heavy atom. The molecule has 4 aromatic rings. The van der Waals surface area contributed by atoms with E-state index < -0.39 is 7.25 Å². The Hall–Kier alpha value is -3.46. The maximum atomic E-state index is 9.75. The summed E-state index contributed by atoms with van der Waals surface area (Å²) in [4.78, 5) is 3.46. The molecule has 1 heterocycles. The Bertz CT molecular complexity index is 1300. The van der Waals surface area contributed by atoms with Gasteiger partial charge in [0.2, 0.25) is 11.0 Å². The van der Waals surface area contributed by atoms with Crippen molar-refractivity contribution >= 4 is 35.5 Å². The molecular weight excluding hydrogens is 461 g/mol. The second-order valence-corrected chi connectivity index (χ2v) is 7.15. The van der Waals surface area contributed by atoms with Crippen LogP contribution in [0.25, 0.3) is 22.3 Å². The normalized spacial score (nSPS) is 11.7. The van der Waals surface area contributed by atoms with Gasteiger partial charge in [-0.05, 0) is 24.3 Å². The molecular formula is C23H19BClF4NO3. The lowest BCUT2D eigenvalue weighted by molar-refractivity contribution is -0.401. The van der Waals surface area contributed by atoms with Crippen molar-refractivity contribution in [1.82, 2.24) is 0 Å². The molecule has 4 rings (SSSR count). The minimum absolute atomic E-state index is 0.639. The third kappa shape index (κ3) is 6.76. The first-order chi connectivity index (χ1) is 15.7. The third-order valence-corrected chi connectivity index (χ3v) is 4.70. The van der Waals surface area contributed by atoms with Gasteiger partial charge in [0.05, 0.1) is 25.7 Å². The first kappa shape index (κ1) is 24.2. The second kappa shape index (κ2) is 10.4. The van der Waals surface area contributed by atoms with Crippen LogP contribution in [0.2, 0.25) is 5.02 Å². The molecule has 33 heavy (non-hydrogen) atoms. The molecule has 0 radical (unpaired) electrons. The number of rotatable bonds is 4. The third-order valence-electron chi connectivity index (χ3n) is 4.46. The Morgan fingerprint density at radius 2 is 1.55 bits per heavy atom. The summed E-state index contributed by atoms with van der Waals surface area (Å²) in [7, 11) is -2.74. The van der Waals surface area contributed by atoms with Gasteiger partial charge in [-0.3, -0.25) is 0 Å². The number of hydrogen-bond acceptors (Lipinski definition) is 3. The van der Waals surface area contributed by atoms with Crippen LogP contribution in [0.4, 0.5) is 23.0 Å². The summed E-state index contributed by atoms with van der Waals surface area (Å²) in [5.74, 6) is 2.16. The molecule has 0 unspecified atom stereocenters. The SMILES string of the molecule is COc1ccc([NH+]=c2cc(-c3ccccc3)oc3ccc(Cl)cc23)c(OC)c1.F[B-](F)(F)F. The molecule has 10 heteroatoms. The van der Waals surface area contributed by atoms with E-state index >= 15 is 0 Å². The summed E-state index contributed by atoms with van der Waals surface area (Å²) in [5.41, 5.74) is 2.54. The van der Waals surface area contributed by atoms with E-state index in [0.717, 1.165) is 39.1 Å². The van der Waals surface area contributed by atoms with Gasteiger partial charge in [0, 0.05) is 22.7 Å². The molecule has 4 nitrogen and oxygen atoms in total. The van der Waals surface area contributed by atoms with Crippen LogP contribution in [-0.2, 0) is 0 Å². The van der Waals surface area contributed by atoms with Gasteiger partial charge in [-0.2, -0.15) is 0 Å². The molecule has 0 bridgehead atoms. The van der Waals surface area contributed by atoms with Gasteiger partial charge in [0.1, 0.15) is 17.1 Å². The van der Waals surface area contributed by atoms with E-state index in [1.54, 1.807) is 14.2 Å². The van der Waals surface area contributed by atoms with Crippen molar-refractivity contribution in [2.75, 3.05) is 14.2 Å². The topological polar surface area (TPSA) is 45.6 Å². The van der Waals surface area contributed by atoms with Crippen LogP contribution < -0.4 is 19.8 Å². The van der Waals surface area contributed by atoms with E-state index in [1.807, 2.05) is 72.8 Å². The van der Waals surface area contributed by atoms with Crippen LogP contribution in [-0.4, -0.2) is 21.5 Å². The summed E-state index contributed by atoms with van der Waals surface area (Å²) < 4.78 is 55.9. The maximum absolute atomic E-state index is 9.75. The average Bonchev–Trinajstić information content (AvgIpc) is 2.79. The van der Waals surface area contributed by atoms with Gasteiger partial charge in [0.15, 0.2) is 5.75 Å². The Kier molecular flexibility index (Phi) is 7.65. The fourth-order valence-electron chi connectivity index (χ4n) is 3.05. The van der Waals surface area contributed by atoms with Crippen LogP contribution in [0, 0.1) is 0 Å². The molecule has 0 aliphatic carbocycles. The Labute approximate surface area is 192 Å². The van der Waals surface area contributed by atoms with Gasteiger partial charge >= 0.3 is 7.25 Å². The first-order valence-corrected chi connectivity index (χ1v) is 10.0. The number of halogens is 5. The highest BCUT2D eigenvalue weighted by molar-refractivity contribution is 6.50. The van der Waals surface area contributed by atoms with Crippen LogP contribution in [0.15, 0.2) is 77.2 Å². The van der Waals surface area contributed by atoms with Crippen molar-refractivity contribution in [3.05, 3.63) is 83.2 Å². The molecule has 0 fully saturated rings. The van der Waals surface area contributed by atoms with E-state index in [2.05, 4.69) is 4.99 Å². The van der Waals surface area contributed by atoms with Gasteiger partial charge < -0.3 is 31.2 Å². The van der Waals surface area contributed by atoms with Crippen molar-refractivity contribution < 1.29 is 36.1 Å². The number of fused-ring (bicyclic) bond motifs is 1. The molecule has 0 aliphatic rings. The van der Waals surface area contributed by atoms with Gasteiger partial charge in [-0.15, -0.1) is 0 Å². The summed E-state index contributed by atoms with van der Waals surface area (Å²) in [6.07, 6.45) is 0. The monoisotopic (exact) mass is 479 g/mol. The minimum atomic E-state index is -6.00. The van der Waals surface area contributed by atoms with Crippen LogP contribution in [0.3, 0.4) is 0 Å². The fraction of sp³-hybridized carbons (Fsp3) is 0.0870. The molecule has 1 N–H and O–H groups in total. The fourth-order valence-corrected chi connectivity index (χ4v) is 3.23. The number of hydrogen-bond donors (Lipinski definition) is 1. The van der Waals surface area contributed by atoms with Gasteiger partial charge in [-0.1, -0.05) is 41.9 Å². The van der Waals surface area contributed by atoms with E-state index in [-0.39, 0.29) is 0 Å². The largest absolute Gasteiger partial charge is 0.673 e. The lowest BCUT2D eigenvalue weighted by Gasteiger charge is -2.05. The molecule has 0 saturated carbocycles. The molecule has 1 aromatic heterocycles. The number of nitrogens with one attached hydrogen (secondary N) is 1. The van der Waals surface area contributed by atoms with E-state index in [9.17, 15) is 17.3 Å². The molecule has 0 spiro atoms. The van der Waals surface area contributed by atoms with Gasteiger partial charge in [0.25, 0.3) is 0 Å². The summed E-state index contributed by atoms with van der Waals surface area (Å²) in [6.45, 7) is 0. The molecule has 3 aromatic carbocycles. The van der Waals surface area contributed by atoms with Crippen molar-refractivity contribution in [2.24, 2.45) is 0 Å². The smallest absolute Gasteiger partial charge is 0.497 e. The van der Waals surface area contributed by atoms with Crippen molar-refractivity contribution in [2.45, 2.75) is 0 Å². The summed E-state index contributed by atoms with van der Waals surface area (Å²) >= 11 is 6.24. The highest BCUT2D eigenvalue weighted by atomic mass is 35.5. The second-order valence-electron chi connectivity index (χ2n) is 6.72. The summed E-state index contributed by atoms with van der Waals surface area (Å²) in [6, 6.07) is 23.1. The van der Waals surface area contributed by atoms with Crippen molar-refractivity contribution in [3.8, 4) is 22.8 Å². The molecule has 0 aliphatic heterocycles. The quantitative estimate of drug-likeness (QED) is 0.316. The predicted octanol–water partition coefficient (Wildman–Crippen LogP) is 5.38. The number of benzene rings is 3. The zero-order valence-electron chi connectivity index (χ0n) is 17.6. The lowest BCUT2D eigenvalue weighted by Crippen LogP contribution is -2.70. The van der Waals surface area contributed by atoms with Crippen LogP contribution in [0.1, 0.15) is 0 Å². The Morgan fingerprint density at radius 1 is 0.848 bits per heavy atom. The van der Waals surface area contributed by atoms with E-state index in [4.69, 9.17) is 25.5 Å².